The topological polar surface area (TPSA) is 51.2 Å². The van der Waals surface area contributed by atoms with Crippen molar-refractivity contribution in [3.8, 4) is 0 Å². The van der Waals surface area contributed by atoms with Crippen molar-refractivity contribution in [2.45, 2.75) is 18.5 Å². The summed E-state index contributed by atoms with van der Waals surface area (Å²) in [6, 6.07) is 4.83. The molecule has 0 radical (unpaired) electrons. The second kappa shape index (κ2) is 8.36. The molecule has 0 aliphatic rings. The van der Waals surface area contributed by atoms with E-state index >= 15 is 0 Å². The Bertz CT molecular complexity index is 854. The first-order valence-corrected chi connectivity index (χ1v) is 8.02. The fourth-order valence-electron chi connectivity index (χ4n) is 2.34. The molecule has 1 unspecified atom stereocenters. The van der Waals surface area contributed by atoms with Crippen LogP contribution in [0, 0.1) is 0 Å². The lowest BCUT2D eigenvalue weighted by atomic mass is 10.1. The lowest BCUT2D eigenvalue weighted by Crippen LogP contribution is -2.31. The molecule has 0 spiro atoms. The van der Waals surface area contributed by atoms with Gasteiger partial charge in [-0.3, -0.25) is 9.78 Å². The number of nitrogens with one attached hydrogen (secondary N) is 1. The number of ether oxygens (including phenoxy) is 1. The van der Waals surface area contributed by atoms with Crippen LogP contribution >= 0.6 is 11.6 Å². The van der Waals surface area contributed by atoms with Gasteiger partial charge in [0.05, 0.1) is 27.4 Å². The van der Waals surface area contributed by atoms with Crippen LogP contribution in [0.25, 0.3) is 0 Å². The van der Waals surface area contributed by atoms with Crippen LogP contribution in [0.4, 0.5) is 26.3 Å². The third-order valence-corrected chi connectivity index (χ3v) is 4.01. The summed E-state index contributed by atoms with van der Waals surface area (Å²) in [7, 11) is 1.19. The summed E-state index contributed by atoms with van der Waals surface area (Å²) in [5.74, 6) is -1.03. The first kappa shape index (κ1) is 22.0. The molecule has 0 fully saturated rings. The van der Waals surface area contributed by atoms with Crippen LogP contribution in [0.3, 0.4) is 0 Å². The van der Waals surface area contributed by atoms with Crippen LogP contribution in [-0.4, -0.2) is 24.5 Å². The Morgan fingerprint density at radius 1 is 1.18 bits per heavy atom. The minimum atomic E-state index is -4.73. The quantitative estimate of drug-likeness (QED) is 0.693. The molecule has 1 aromatic carbocycles. The van der Waals surface area contributed by atoms with Gasteiger partial charge in [-0.2, -0.15) is 26.3 Å². The average molecular weight is 427 g/mol. The number of amides is 1. The summed E-state index contributed by atoms with van der Waals surface area (Å²) < 4.78 is 82.1. The minimum absolute atomic E-state index is 0.0958. The summed E-state index contributed by atoms with van der Waals surface area (Å²) in [5.41, 5.74) is -2.88. The smallest absolute Gasteiger partial charge is 0.373 e. The maximum atomic E-state index is 13.0. The number of rotatable bonds is 5. The molecule has 4 nitrogen and oxygen atoms in total. The van der Waals surface area contributed by atoms with E-state index in [1.165, 1.54) is 13.2 Å². The van der Waals surface area contributed by atoms with Gasteiger partial charge in [-0.05, 0) is 18.2 Å². The van der Waals surface area contributed by atoms with Crippen molar-refractivity contribution < 1.29 is 35.9 Å². The summed E-state index contributed by atoms with van der Waals surface area (Å²) in [6.45, 7) is -0.361. The van der Waals surface area contributed by atoms with Crippen molar-refractivity contribution in [3.05, 3.63) is 63.9 Å². The van der Waals surface area contributed by atoms with Gasteiger partial charge in [-0.15, -0.1) is 0 Å². The number of hydrogen-bond acceptors (Lipinski definition) is 3. The molecular weight excluding hydrogens is 414 g/mol. The molecule has 2 aromatic rings. The standard InChI is InChI=1S/C17H13ClF6N2O2/c1-28-13(14-12(18)6-9(7-25-14)16(19,20)21)8-26-15(27)10-4-2-3-5-11(10)17(22,23)24/h2-7,13H,8H2,1H3,(H,26,27). The Labute approximate surface area is 160 Å². The number of alkyl halides is 6. The Morgan fingerprint density at radius 2 is 1.82 bits per heavy atom. The highest BCUT2D eigenvalue weighted by Crippen LogP contribution is 2.33. The third kappa shape index (κ3) is 5.14. The number of pyridine rings is 1. The van der Waals surface area contributed by atoms with Crippen molar-refractivity contribution in [1.29, 1.82) is 0 Å². The van der Waals surface area contributed by atoms with Gasteiger partial charge in [-0.25, -0.2) is 0 Å². The van der Waals surface area contributed by atoms with E-state index in [0.717, 1.165) is 18.2 Å². The number of benzene rings is 1. The van der Waals surface area contributed by atoms with Crippen molar-refractivity contribution in [2.75, 3.05) is 13.7 Å². The monoisotopic (exact) mass is 426 g/mol. The number of carbonyl (C=O) groups excluding carboxylic acids is 1. The highest BCUT2D eigenvalue weighted by Gasteiger charge is 2.35. The highest BCUT2D eigenvalue weighted by atomic mass is 35.5. The van der Waals surface area contributed by atoms with Gasteiger partial charge in [-0.1, -0.05) is 23.7 Å². The molecule has 0 saturated carbocycles. The van der Waals surface area contributed by atoms with Crippen molar-refractivity contribution in [1.82, 2.24) is 10.3 Å². The zero-order valence-electron chi connectivity index (χ0n) is 14.2. The summed E-state index contributed by atoms with van der Waals surface area (Å²) in [4.78, 5) is 15.8. The average Bonchev–Trinajstić information content (AvgIpc) is 2.61. The second-order valence-electron chi connectivity index (χ2n) is 5.57. The van der Waals surface area contributed by atoms with Gasteiger partial charge in [0.2, 0.25) is 0 Å². The Kier molecular flexibility index (Phi) is 6.56. The fourth-order valence-corrected chi connectivity index (χ4v) is 2.63. The van der Waals surface area contributed by atoms with Gasteiger partial charge in [0.15, 0.2) is 0 Å². The second-order valence-corrected chi connectivity index (χ2v) is 5.97. The minimum Gasteiger partial charge on any atom is -0.373 e. The molecule has 28 heavy (non-hydrogen) atoms. The number of methoxy groups -OCH3 is 1. The molecule has 1 heterocycles. The molecule has 152 valence electrons. The number of halogens is 7. The molecule has 1 aromatic heterocycles. The van der Waals surface area contributed by atoms with Crippen LogP contribution in [0.15, 0.2) is 36.5 Å². The molecule has 0 bridgehead atoms. The molecular formula is C17H13ClF6N2O2. The summed E-state index contributed by atoms with van der Waals surface area (Å²) >= 11 is 5.82. The number of carbonyl (C=O) groups is 1. The first-order valence-electron chi connectivity index (χ1n) is 7.65. The van der Waals surface area contributed by atoms with Gasteiger partial charge in [0.25, 0.3) is 5.91 Å². The molecule has 2 rings (SSSR count). The van der Waals surface area contributed by atoms with Gasteiger partial charge in [0, 0.05) is 19.9 Å². The summed E-state index contributed by atoms with van der Waals surface area (Å²) in [6.07, 6.45) is -9.90. The lowest BCUT2D eigenvalue weighted by Gasteiger charge is -2.19. The SMILES string of the molecule is COC(CNC(=O)c1ccccc1C(F)(F)F)c1ncc(C(F)(F)F)cc1Cl. The van der Waals surface area contributed by atoms with Crippen LogP contribution < -0.4 is 5.32 Å². The van der Waals surface area contributed by atoms with E-state index < -0.39 is 41.1 Å². The molecule has 1 atom stereocenters. The van der Waals surface area contributed by atoms with E-state index in [1.807, 2.05) is 0 Å². The maximum absolute atomic E-state index is 13.0. The van der Waals surface area contributed by atoms with Crippen molar-refractivity contribution in [3.63, 3.8) is 0 Å². The Balaban J connectivity index is 2.18. The van der Waals surface area contributed by atoms with Crippen molar-refractivity contribution >= 4 is 17.5 Å². The normalized spacial score (nSPS) is 13.3. The number of nitrogens with zero attached hydrogens (tertiary/aromatic N) is 1. The maximum Gasteiger partial charge on any atom is 0.417 e. The molecule has 0 aliphatic carbocycles. The third-order valence-electron chi connectivity index (χ3n) is 3.71. The Morgan fingerprint density at radius 3 is 2.36 bits per heavy atom. The molecule has 1 amide bonds. The summed E-state index contributed by atoms with van der Waals surface area (Å²) in [5, 5.41) is 1.89. The van der Waals surface area contributed by atoms with E-state index in [2.05, 4.69) is 10.3 Å². The largest absolute Gasteiger partial charge is 0.417 e. The number of hydrogen-bond donors (Lipinski definition) is 1. The fraction of sp³-hybridized carbons (Fsp3) is 0.294. The predicted octanol–water partition coefficient (Wildman–Crippen LogP) is 4.89. The zero-order chi connectivity index (χ0) is 21.1. The van der Waals surface area contributed by atoms with Crippen LogP contribution in [0.2, 0.25) is 5.02 Å². The zero-order valence-corrected chi connectivity index (χ0v) is 14.9. The van der Waals surface area contributed by atoms with Crippen LogP contribution in [-0.2, 0) is 17.1 Å². The first-order chi connectivity index (χ1) is 12.9. The van der Waals surface area contributed by atoms with Crippen molar-refractivity contribution in [2.24, 2.45) is 0 Å². The van der Waals surface area contributed by atoms with E-state index in [0.29, 0.717) is 12.3 Å². The van der Waals surface area contributed by atoms with E-state index in [-0.39, 0.29) is 17.3 Å². The van der Waals surface area contributed by atoms with Crippen LogP contribution in [0.5, 0.6) is 0 Å². The Hall–Kier alpha value is -2.33. The lowest BCUT2D eigenvalue weighted by molar-refractivity contribution is -0.138. The van der Waals surface area contributed by atoms with Gasteiger partial charge in [0.1, 0.15) is 6.10 Å². The van der Waals surface area contributed by atoms with Gasteiger partial charge >= 0.3 is 12.4 Å². The molecule has 11 heteroatoms. The van der Waals surface area contributed by atoms with Crippen LogP contribution in [0.1, 0.15) is 33.3 Å². The molecule has 0 saturated heterocycles. The predicted molar refractivity (Wildman–Crippen MR) is 87.8 cm³/mol. The molecule has 1 N–H and O–H groups in total. The van der Waals surface area contributed by atoms with E-state index in [4.69, 9.17) is 16.3 Å². The highest BCUT2D eigenvalue weighted by molar-refractivity contribution is 6.31. The van der Waals surface area contributed by atoms with E-state index in [1.54, 1.807) is 0 Å². The number of aromatic nitrogens is 1. The van der Waals surface area contributed by atoms with Gasteiger partial charge < -0.3 is 10.1 Å². The van der Waals surface area contributed by atoms with E-state index in [9.17, 15) is 31.1 Å². The molecule has 0 aliphatic heterocycles.